The van der Waals surface area contributed by atoms with Crippen LogP contribution in [0.5, 0.6) is 0 Å². The minimum atomic E-state index is -0.823. The smallest absolute Gasteiger partial charge is 0.240 e. The summed E-state index contributed by atoms with van der Waals surface area (Å²) < 4.78 is 5.75. The normalized spacial score (nSPS) is 30.3. The lowest BCUT2D eigenvalue weighted by Crippen LogP contribution is -2.76. The van der Waals surface area contributed by atoms with Crippen molar-refractivity contribution in [1.82, 2.24) is 10.2 Å². The van der Waals surface area contributed by atoms with Crippen molar-refractivity contribution in [2.75, 3.05) is 26.2 Å². The van der Waals surface area contributed by atoms with Crippen LogP contribution in [-0.4, -0.2) is 54.7 Å². The Kier molecular flexibility index (Phi) is 6.91. The van der Waals surface area contributed by atoms with Crippen LogP contribution in [0.1, 0.15) is 66.7 Å². The fourth-order valence-corrected chi connectivity index (χ4v) is 4.68. The summed E-state index contributed by atoms with van der Waals surface area (Å²) in [7, 11) is 0. The van der Waals surface area contributed by atoms with Gasteiger partial charge >= 0.3 is 0 Å². The Morgan fingerprint density at radius 3 is 2.32 bits per heavy atom. The van der Waals surface area contributed by atoms with Gasteiger partial charge in [-0.25, -0.2) is 0 Å². The van der Waals surface area contributed by atoms with Gasteiger partial charge in [0.2, 0.25) is 5.91 Å². The highest BCUT2D eigenvalue weighted by molar-refractivity contribution is 5.88. The van der Waals surface area contributed by atoms with Gasteiger partial charge in [-0.2, -0.15) is 0 Å². The molecule has 0 aromatic carbocycles. The molecule has 1 amide bonds. The number of hydrogen-bond acceptors (Lipinski definition) is 4. The summed E-state index contributed by atoms with van der Waals surface area (Å²) in [6.45, 7) is 14.3. The second-order valence-corrected chi connectivity index (χ2v) is 8.44. The number of nitrogens with one attached hydrogen (secondary N) is 1. The number of nitrogens with zero attached hydrogens (tertiary/aromatic N) is 1. The third-order valence-corrected chi connectivity index (χ3v) is 6.91. The van der Waals surface area contributed by atoms with Crippen molar-refractivity contribution in [2.24, 2.45) is 17.1 Å². The molecule has 1 aliphatic heterocycles. The van der Waals surface area contributed by atoms with E-state index < -0.39 is 5.54 Å². The third-order valence-electron chi connectivity index (χ3n) is 6.91. The highest BCUT2D eigenvalue weighted by Crippen LogP contribution is 2.49. The van der Waals surface area contributed by atoms with Gasteiger partial charge < -0.3 is 15.8 Å². The maximum atomic E-state index is 12.9. The van der Waals surface area contributed by atoms with Crippen molar-refractivity contribution >= 4 is 5.91 Å². The zero-order valence-electron chi connectivity index (χ0n) is 16.9. The molecule has 3 atom stereocenters. The Hall–Kier alpha value is -0.650. The van der Waals surface area contributed by atoms with E-state index in [1.54, 1.807) is 0 Å². The van der Waals surface area contributed by atoms with Crippen molar-refractivity contribution < 1.29 is 9.53 Å². The number of nitrogens with two attached hydrogens (primary N) is 1. The van der Waals surface area contributed by atoms with E-state index in [9.17, 15) is 4.79 Å². The molecule has 1 heterocycles. The highest BCUT2D eigenvalue weighted by Gasteiger charge is 2.62. The number of likely N-dealkylation sites (tertiary alicyclic amines) is 1. The SMILES string of the molecule is CCOC1CC(N)(C(=O)NCC(C(CC)CC)N2CCCC2)C1(C)C. The van der Waals surface area contributed by atoms with Crippen molar-refractivity contribution in [3.63, 3.8) is 0 Å². The van der Waals surface area contributed by atoms with Gasteiger partial charge in [0.15, 0.2) is 0 Å². The first-order valence-corrected chi connectivity index (χ1v) is 10.2. The monoisotopic (exact) mass is 353 g/mol. The molecule has 146 valence electrons. The first kappa shape index (κ1) is 20.7. The lowest BCUT2D eigenvalue weighted by atomic mass is 9.54. The standard InChI is InChI=1S/C20H39N3O2/c1-6-15(7-2)16(23-11-9-10-12-23)14-22-18(24)20(21)13-17(25-8-3)19(20,4)5/h15-17H,6-14,21H2,1-5H3,(H,22,24). The van der Waals surface area contributed by atoms with Crippen LogP contribution in [0.15, 0.2) is 0 Å². The van der Waals surface area contributed by atoms with Crippen molar-refractivity contribution in [2.45, 2.75) is 84.4 Å². The molecule has 2 aliphatic rings. The highest BCUT2D eigenvalue weighted by atomic mass is 16.5. The van der Waals surface area contributed by atoms with Gasteiger partial charge in [-0.05, 0) is 38.8 Å². The van der Waals surface area contributed by atoms with E-state index in [4.69, 9.17) is 10.5 Å². The van der Waals surface area contributed by atoms with Gasteiger partial charge in [-0.15, -0.1) is 0 Å². The van der Waals surface area contributed by atoms with Crippen LogP contribution >= 0.6 is 0 Å². The van der Waals surface area contributed by atoms with E-state index in [1.807, 2.05) is 6.92 Å². The number of rotatable bonds is 9. The Morgan fingerprint density at radius 1 is 1.24 bits per heavy atom. The van der Waals surface area contributed by atoms with Gasteiger partial charge in [-0.1, -0.05) is 40.5 Å². The van der Waals surface area contributed by atoms with Gasteiger partial charge in [-0.3, -0.25) is 9.69 Å². The largest absolute Gasteiger partial charge is 0.378 e. The average Bonchev–Trinajstić information content (AvgIpc) is 3.12. The molecular weight excluding hydrogens is 314 g/mol. The fraction of sp³-hybridized carbons (Fsp3) is 0.950. The van der Waals surface area contributed by atoms with Crippen molar-refractivity contribution in [3.05, 3.63) is 0 Å². The molecule has 3 N–H and O–H groups in total. The lowest BCUT2D eigenvalue weighted by molar-refractivity contribution is -0.170. The number of amides is 1. The summed E-state index contributed by atoms with van der Waals surface area (Å²) in [6, 6.07) is 0.427. The molecule has 0 spiro atoms. The van der Waals surface area contributed by atoms with Crippen molar-refractivity contribution in [1.29, 1.82) is 0 Å². The van der Waals surface area contributed by atoms with E-state index in [-0.39, 0.29) is 17.4 Å². The number of carbonyl (C=O) groups is 1. The summed E-state index contributed by atoms with van der Waals surface area (Å²) in [5.41, 5.74) is 5.37. The lowest BCUT2D eigenvalue weighted by Gasteiger charge is -2.57. The molecule has 0 aromatic heterocycles. The summed E-state index contributed by atoms with van der Waals surface area (Å²) in [6.07, 6.45) is 5.53. The second kappa shape index (κ2) is 8.36. The molecule has 0 bridgehead atoms. The van der Waals surface area contributed by atoms with Gasteiger partial charge in [0.25, 0.3) is 0 Å². The Labute approximate surface area is 154 Å². The zero-order chi connectivity index (χ0) is 18.7. The minimum Gasteiger partial charge on any atom is -0.378 e. The van der Waals surface area contributed by atoms with E-state index in [0.29, 0.717) is 31.5 Å². The van der Waals surface area contributed by atoms with E-state index in [1.165, 1.54) is 12.8 Å². The maximum absolute atomic E-state index is 12.9. The number of carbonyl (C=O) groups excluding carboxylic acids is 1. The van der Waals surface area contributed by atoms with Gasteiger partial charge in [0, 0.05) is 31.0 Å². The summed E-state index contributed by atoms with van der Waals surface area (Å²) in [5.74, 6) is 0.612. The van der Waals surface area contributed by atoms with E-state index >= 15 is 0 Å². The summed E-state index contributed by atoms with van der Waals surface area (Å²) in [5, 5.41) is 3.21. The average molecular weight is 354 g/mol. The molecule has 2 fully saturated rings. The van der Waals surface area contributed by atoms with Crippen LogP contribution in [0.25, 0.3) is 0 Å². The Morgan fingerprint density at radius 2 is 1.84 bits per heavy atom. The predicted octanol–water partition coefficient (Wildman–Crippen LogP) is 2.54. The summed E-state index contributed by atoms with van der Waals surface area (Å²) >= 11 is 0. The maximum Gasteiger partial charge on any atom is 0.240 e. The Balaban J connectivity index is 1.98. The van der Waals surface area contributed by atoms with Crippen LogP contribution in [0.3, 0.4) is 0 Å². The summed E-state index contributed by atoms with van der Waals surface area (Å²) in [4.78, 5) is 15.5. The molecular formula is C20H39N3O2. The molecule has 1 aliphatic carbocycles. The van der Waals surface area contributed by atoms with Gasteiger partial charge in [0.1, 0.15) is 5.54 Å². The third kappa shape index (κ3) is 3.88. The van der Waals surface area contributed by atoms with E-state index in [0.717, 1.165) is 25.9 Å². The van der Waals surface area contributed by atoms with E-state index in [2.05, 4.69) is 37.9 Å². The van der Waals surface area contributed by atoms with Crippen LogP contribution in [0, 0.1) is 11.3 Å². The van der Waals surface area contributed by atoms with Crippen LogP contribution < -0.4 is 11.1 Å². The molecule has 2 rings (SSSR count). The van der Waals surface area contributed by atoms with Gasteiger partial charge in [0.05, 0.1) is 6.10 Å². The molecule has 0 radical (unpaired) electrons. The fourth-order valence-electron chi connectivity index (χ4n) is 4.68. The molecule has 3 unspecified atom stereocenters. The van der Waals surface area contributed by atoms with Crippen LogP contribution in [0.2, 0.25) is 0 Å². The molecule has 25 heavy (non-hydrogen) atoms. The number of ether oxygens (including phenoxy) is 1. The number of hydrogen-bond donors (Lipinski definition) is 2. The molecule has 1 saturated carbocycles. The molecule has 5 heteroatoms. The zero-order valence-corrected chi connectivity index (χ0v) is 16.9. The minimum absolute atomic E-state index is 0.0105. The first-order valence-electron chi connectivity index (χ1n) is 10.2. The van der Waals surface area contributed by atoms with Crippen molar-refractivity contribution in [3.8, 4) is 0 Å². The quantitative estimate of drug-likeness (QED) is 0.668. The predicted molar refractivity (Wildman–Crippen MR) is 102 cm³/mol. The Bertz CT molecular complexity index is 442. The molecule has 5 nitrogen and oxygen atoms in total. The molecule has 0 aromatic rings. The van der Waals surface area contributed by atoms with Crippen LogP contribution in [0.4, 0.5) is 0 Å². The topological polar surface area (TPSA) is 67.6 Å². The molecule has 1 saturated heterocycles. The second-order valence-electron chi connectivity index (χ2n) is 8.44. The first-order chi connectivity index (χ1) is 11.8. The van der Waals surface area contributed by atoms with Crippen LogP contribution in [-0.2, 0) is 9.53 Å².